The minimum atomic E-state index is -0.749. The van der Waals surface area contributed by atoms with Gasteiger partial charge in [0.1, 0.15) is 6.23 Å². The third-order valence-electron chi connectivity index (χ3n) is 10.4. The monoisotopic (exact) mass is 524 g/mol. The third-order valence-corrected chi connectivity index (χ3v) is 10.4. The molecule has 2 N–H and O–H groups in total. The van der Waals surface area contributed by atoms with E-state index in [4.69, 9.17) is 9.47 Å². The smallest absolute Gasteiger partial charge is 0.306 e. The van der Waals surface area contributed by atoms with Crippen molar-refractivity contribution in [1.82, 2.24) is 10.2 Å². The van der Waals surface area contributed by atoms with Crippen molar-refractivity contribution in [2.45, 2.75) is 109 Å². The molecule has 38 heavy (non-hydrogen) atoms. The summed E-state index contributed by atoms with van der Waals surface area (Å²) in [7, 11) is 0. The molecule has 0 spiro atoms. The lowest BCUT2D eigenvalue weighted by atomic mass is 9.77. The Bertz CT molecular complexity index is 986. The van der Waals surface area contributed by atoms with Gasteiger partial charge in [0.15, 0.2) is 0 Å². The summed E-state index contributed by atoms with van der Waals surface area (Å²) in [6.07, 6.45) is 22.2. The molecule has 0 radical (unpaired) electrons. The van der Waals surface area contributed by atoms with Crippen LogP contribution in [0, 0.1) is 23.7 Å². The molecule has 2 saturated heterocycles. The molecule has 210 valence electrons. The molecule has 0 aromatic rings. The van der Waals surface area contributed by atoms with Gasteiger partial charge in [-0.2, -0.15) is 0 Å². The van der Waals surface area contributed by atoms with Crippen molar-refractivity contribution in [2.24, 2.45) is 23.7 Å². The van der Waals surface area contributed by atoms with Crippen LogP contribution in [0.3, 0.4) is 0 Å². The average Bonchev–Trinajstić information content (AvgIpc) is 3.57. The van der Waals surface area contributed by atoms with Crippen LogP contribution in [0.2, 0.25) is 0 Å². The first-order chi connectivity index (χ1) is 18.3. The van der Waals surface area contributed by atoms with Crippen LogP contribution >= 0.6 is 0 Å². The molecule has 0 aromatic heterocycles. The Kier molecular flexibility index (Phi) is 8.51. The molecule has 9 atom stereocenters. The normalized spacial score (nSPS) is 36.0. The summed E-state index contributed by atoms with van der Waals surface area (Å²) in [6, 6.07) is 0.940. The molecule has 5 aliphatic rings. The second-order valence-corrected chi connectivity index (χ2v) is 12.4. The minimum Gasteiger partial charge on any atom is -0.498 e. The van der Waals surface area contributed by atoms with Crippen molar-refractivity contribution in [3.63, 3.8) is 0 Å². The molecule has 0 aromatic carbocycles. The number of rotatable bonds is 10. The Balaban J connectivity index is 1.35. The van der Waals surface area contributed by atoms with Crippen LogP contribution in [0.4, 0.5) is 0 Å². The second kappa shape index (κ2) is 11.7. The van der Waals surface area contributed by atoms with Crippen LogP contribution in [-0.2, 0) is 14.3 Å². The van der Waals surface area contributed by atoms with Crippen molar-refractivity contribution in [2.75, 3.05) is 13.2 Å². The van der Waals surface area contributed by atoms with Crippen molar-refractivity contribution in [3.8, 4) is 0 Å². The van der Waals surface area contributed by atoms with Gasteiger partial charge >= 0.3 is 5.97 Å². The number of allylic oxidation sites excluding steroid dienone is 5. The lowest BCUT2D eigenvalue weighted by molar-refractivity contribution is -0.141. The Morgan fingerprint density at radius 3 is 2.79 bits per heavy atom. The summed E-state index contributed by atoms with van der Waals surface area (Å²) in [4.78, 5) is 14.2. The van der Waals surface area contributed by atoms with Gasteiger partial charge in [0, 0.05) is 41.9 Å². The molecule has 2 fully saturated rings. The Hall–Kier alpha value is -1.89. The molecule has 0 amide bonds. The number of aliphatic carboxylic acids is 1. The Morgan fingerprint density at radius 2 is 2.05 bits per heavy atom. The number of fused-ring (bicyclic) bond motifs is 3. The average molecular weight is 525 g/mol. The fourth-order valence-corrected chi connectivity index (χ4v) is 7.81. The fourth-order valence-electron chi connectivity index (χ4n) is 7.81. The van der Waals surface area contributed by atoms with Crippen LogP contribution in [-0.4, -0.2) is 59.1 Å². The molecule has 0 bridgehead atoms. The highest BCUT2D eigenvalue weighted by atomic mass is 16.5. The first-order valence-corrected chi connectivity index (χ1v) is 15.1. The van der Waals surface area contributed by atoms with E-state index in [0.29, 0.717) is 42.9 Å². The van der Waals surface area contributed by atoms with Crippen LogP contribution in [0.5, 0.6) is 0 Å². The van der Waals surface area contributed by atoms with Gasteiger partial charge in [-0.3, -0.25) is 15.0 Å². The molecule has 8 unspecified atom stereocenters. The largest absolute Gasteiger partial charge is 0.498 e. The number of hydrogen-bond donors (Lipinski definition) is 2. The Labute approximate surface area is 229 Å². The lowest BCUT2D eigenvalue weighted by Crippen LogP contribution is -2.59. The third kappa shape index (κ3) is 5.16. The predicted octanol–water partition coefficient (Wildman–Crippen LogP) is 5.82. The van der Waals surface area contributed by atoms with E-state index in [-0.39, 0.29) is 23.8 Å². The van der Waals surface area contributed by atoms with Gasteiger partial charge < -0.3 is 14.6 Å². The summed E-state index contributed by atoms with van der Waals surface area (Å²) in [6.45, 7) is 10.4. The van der Waals surface area contributed by atoms with Crippen molar-refractivity contribution < 1.29 is 19.4 Å². The van der Waals surface area contributed by atoms with Gasteiger partial charge in [-0.15, -0.1) is 0 Å². The van der Waals surface area contributed by atoms with E-state index in [2.05, 4.69) is 67.4 Å². The molecule has 0 saturated carbocycles. The number of carbonyl (C=O) groups is 1. The van der Waals surface area contributed by atoms with Crippen molar-refractivity contribution >= 4 is 5.97 Å². The standard InChI is InChI=1S/C32H48N2O4/c1-5-32(4,22(3)28-20-33-30(38-28)23-12-7-6-8-13-23)34-25-15-10-9-14-24(25)29-26(34)16-11-17-27(29)37-19-18-21(2)31(35)36/h6-7,9,12,14,17,21-22,24-26,28-30,33H,5,8,10-11,13,15-16,18-20H2,1-4H3,(H,35,36)/t21?,22-,24?,25?,26?,28?,29?,30?,32?/m0/s1. The fraction of sp³-hybridized carbons (Fsp3) is 0.719. The highest BCUT2D eigenvalue weighted by Gasteiger charge is 2.57. The molecule has 6 heteroatoms. The zero-order valence-electron chi connectivity index (χ0n) is 23.8. The number of ether oxygens (including phenoxy) is 2. The SMILES string of the molecule is CCC(C)([C@@H](C)C1CNC(C2=CC=CCC2)O1)N1C2CCC=CC2C2C(OCCC(C)C(=O)O)=CCCC21. The topological polar surface area (TPSA) is 71.0 Å². The van der Waals surface area contributed by atoms with Gasteiger partial charge in [0.05, 0.1) is 24.4 Å². The molecule has 3 aliphatic carbocycles. The van der Waals surface area contributed by atoms with E-state index in [1.807, 2.05) is 0 Å². The predicted molar refractivity (Wildman–Crippen MR) is 150 cm³/mol. The minimum absolute atomic E-state index is 0.00979. The summed E-state index contributed by atoms with van der Waals surface area (Å²) < 4.78 is 13.1. The van der Waals surface area contributed by atoms with Gasteiger partial charge in [0.25, 0.3) is 0 Å². The van der Waals surface area contributed by atoms with E-state index in [1.165, 1.54) is 12.0 Å². The summed E-state index contributed by atoms with van der Waals surface area (Å²) in [5, 5.41) is 13.0. The maximum atomic E-state index is 11.3. The zero-order valence-corrected chi connectivity index (χ0v) is 23.8. The van der Waals surface area contributed by atoms with E-state index < -0.39 is 5.97 Å². The number of likely N-dealkylation sites (tertiary alicyclic amines) is 1. The van der Waals surface area contributed by atoms with Crippen LogP contribution < -0.4 is 5.32 Å². The highest BCUT2D eigenvalue weighted by Crippen LogP contribution is 2.53. The first kappa shape index (κ1) is 27.7. The number of nitrogens with one attached hydrogen (secondary N) is 1. The number of hydrogen-bond acceptors (Lipinski definition) is 5. The van der Waals surface area contributed by atoms with Crippen LogP contribution in [0.25, 0.3) is 0 Å². The molecule has 5 rings (SSSR count). The summed E-state index contributed by atoms with van der Waals surface area (Å²) in [5.41, 5.74) is 1.38. The number of carboxylic acids is 1. The van der Waals surface area contributed by atoms with Crippen LogP contribution in [0.1, 0.15) is 79.1 Å². The molecule has 2 aliphatic heterocycles. The summed E-state index contributed by atoms with van der Waals surface area (Å²) >= 11 is 0. The quantitative estimate of drug-likeness (QED) is 0.351. The first-order valence-electron chi connectivity index (χ1n) is 15.1. The van der Waals surface area contributed by atoms with E-state index >= 15 is 0 Å². The second-order valence-electron chi connectivity index (χ2n) is 12.4. The maximum Gasteiger partial charge on any atom is 0.306 e. The number of carboxylic acid groups (broad SMARTS) is 1. The summed E-state index contributed by atoms with van der Waals surface area (Å²) in [5.74, 6) is 1.14. The van der Waals surface area contributed by atoms with Gasteiger partial charge in [-0.05, 0) is 69.9 Å². The highest BCUT2D eigenvalue weighted by molar-refractivity contribution is 5.69. The molecular weight excluding hydrogens is 476 g/mol. The van der Waals surface area contributed by atoms with E-state index in [1.54, 1.807) is 6.92 Å². The number of nitrogens with zero attached hydrogens (tertiary/aromatic N) is 1. The van der Waals surface area contributed by atoms with Crippen molar-refractivity contribution in [3.05, 3.63) is 47.8 Å². The van der Waals surface area contributed by atoms with E-state index in [9.17, 15) is 9.90 Å². The van der Waals surface area contributed by atoms with Gasteiger partial charge in [-0.1, -0.05) is 51.2 Å². The molecular formula is C32H48N2O4. The lowest BCUT2D eigenvalue weighted by Gasteiger charge is -2.51. The molecule has 6 nitrogen and oxygen atoms in total. The zero-order chi connectivity index (χ0) is 26.9. The van der Waals surface area contributed by atoms with Gasteiger partial charge in [0.2, 0.25) is 0 Å². The maximum absolute atomic E-state index is 11.3. The Morgan fingerprint density at radius 1 is 1.24 bits per heavy atom. The van der Waals surface area contributed by atoms with Crippen LogP contribution in [0.15, 0.2) is 47.8 Å². The van der Waals surface area contributed by atoms with E-state index in [0.717, 1.165) is 50.8 Å². The molecule has 2 heterocycles. The van der Waals surface area contributed by atoms with Crippen molar-refractivity contribution in [1.29, 1.82) is 0 Å². The van der Waals surface area contributed by atoms with Gasteiger partial charge in [-0.25, -0.2) is 0 Å².